The van der Waals surface area contributed by atoms with Crippen LogP contribution in [0, 0.1) is 11.8 Å². The molecule has 8 nitrogen and oxygen atoms in total. The van der Waals surface area contributed by atoms with Crippen LogP contribution in [0.25, 0.3) is 0 Å². The molecule has 0 heterocycles. The summed E-state index contributed by atoms with van der Waals surface area (Å²) in [5.41, 5.74) is -2.83. The highest BCUT2D eigenvalue weighted by atomic mass is 16.6. The predicted octanol–water partition coefficient (Wildman–Crippen LogP) is 4.71. The van der Waals surface area contributed by atoms with E-state index in [0.717, 1.165) is 38.5 Å². The molecule has 2 atom stereocenters. The summed E-state index contributed by atoms with van der Waals surface area (Å²) in [6.45, 7) is 6.35. The molecular weight excluding hydrogens is 416 g/mol. The third-order valence-corrected chi connectivity index (χ3v) is 5.63. The number of esters is 2. The fourth-order valence-electron chi connectivity index (χ4n) is 3.67. The molecule has 0 saturated carbocycles. The summed E-state index contributed by atoms with van der Waals surface area (Å²) in [7, 11) is 0. The van der Waals surface area contributed by atoms with E-state index in [2.05, 4.69) is 13.8 Å². The number of carbonyl (C=O) groups is 4. The third-order valence-electron chi connectivity index (χ3n) is 5.63. The van der Waals surface area contributed by atoms with Crippen molar-refractivity contribution in [3.05, 3.63) is 0 Å². The van der Waals surface area contributed by atoms with Crippen LogP contribution in [0.1, 0.15) is 111 Å². The molecule has 8 heteroatoms. The summed E-state index contributed by atoms with van der Waals surface area (Å²) in [6, 6.07) is 0. The largest absolute Gasteiger partial charge is 0.481 e. The number of ether oxygens (including phenoxy) is 1. The number of carboxylic acids is 2. The Morgan fingerprint density at radius 2 is 1.34 bits per heavy atom. The van der Waals surface area contributed by atoms with E-state index < -0.39 is 41.8 Å². The highest BCUT2D eigenvalue weighted by molar-refractivity contribution is 5.93. The van der Waals surface area contributed by atoms with E-state index in [-0.39, 0.29) is 12.8 Å². The number of aliphatic hydroxyl groups is 1. The average Bonchev–Trinajstić information content (AvgIpc) is 2.68. The van der Waals surface area contributed by atoms with Crippen LogP contribution in [0.2, 0.25) is 0 Å². The number of hydrogen-bond acceptors (Lipinski definition) is 6. The molecule has 0 aliphatic heterocycles. The summed E-state index contributed by atoms with van der Waals surface area (Å²) in [5, 5.41) is 29.1. The fourth-order valence-corrected chi connectivity index (χ4v) is 3.67. The Balaban J connectivity index is 4.86. The van der Waals surface area contributed by atoms with Crippen LogP contribution in [0.5, 0.6) is 0 Å². The number of carbonyl (C=O) groups excluding carboxylic acids is 2. The van der Waals surface area contributed by atoms with Crippen molar-refractivity contribution in [2.24, 2.45) is 11.8 Å². The minimum Gasteiger partial charge on any atom is -0.481 e. The lowest BCUT2D eigenvalue weighted by molar-refractivity contribution is -0.184. The van der Waals surface area contributed by atoms with Gasteiger partial charge in [-0.1, -0.05) is 85.0 Å². The molecule has 0 aromatic rings. The Labute approximate surface area is 191 Å². The molecule has 3 N–H and O–H groups in total. The molecule has 0 amide bonds. The standard InChI is InChI=1S/C24H42O8/c1-4-5-11-16-21(27)32-22(28)19(24(31,23(29)30)17-20(25)26)15-13-10-8-6-7-9-12-14-18(2)3/h18-19,31H,4-17H2,1-3H3,(H,25,26)(H,29,30). The zero-order chi connectivity index (χ0) is 24.6. The van der Waals surface area contributed by atoms with Gasteiger partial charge in [-0.05, 0) is 18.8 Å². The highest BCUT2D eigenvalue weighted by Crippen LogP contribution is 2.29. The Kier molecular flexibility index (Phi) is 15.6. The Hall–Kier alpha value is -1.96. The molecule has 0 saturated heterocycles. The van der Waals surface area contributed by atoms with E-state index in [1.165, 1.54) is 12.8 Å². The summed E-state index contributed by atoms with van der Waals surface area (Å²) >= 11 is 0. The van der Waals surface area contributed by atoms with Crippen molar-refractivity contribution < 1.29 is 39.2 Å². The minimum atomic E-state index is -2.83. The van der Waals surface area contributed by atoms with Gasteiger partial charge in [0, 0.05) is 6.42 Å². The van der Waals surface area contributed by atoms with E-state index in [1.807, 2.05) is 6.92 Å². The highest BCUT2D eigenvalue weighted by Gasteiger charge is 2.50. The van der Waals surface area contributed by atoms with Gasteiger partial charge >= 0.3 is 23.9 Å². The molecule has 0 rings (SSSR count). The van der Waals surface area contributed by atoms with Crippen LogP contribution in [-0.4, -0.2) is 44.8 Å². The van der Waals surface area contributed by atoms with Crippen molar-refractivity contribution in [3.8, 4) is 0 Å². The van der Waals surface area contributed by atoms with Crippen molar-refractivity contribution in [3.63, 3.8) is 0 Å². The van der Waals surface area contributed by atoms with Crippen LogP contribution in [0.3, 0.4) is 0 Å². The van der Waals surface area contributed by atoms with Gasteiger partial charge in [0.15, 0.2) is 5.60 Å². The first kappa shape index (κ1) is 30.0. The number of hydrogen-bond donors (Lipinski definition) is 3. The van der Waals surface area contributed by atoms with Crippen LogP contribution in [-0.2, 0) is 23.9 Å². The summed E-state index contributed by atoms with van der Waals surface area (Å²) in [4.78, 5) is 47.3. The second kappa shape index (κ2) is 16.6. The van der Waals surface area contributed by atoms with E-state index in [4.69, 9.17) is 9.84 Å². The fraction of sp³-hybridized carbons (Fsp3) is 0.833. The first-order valence-electron chi connectivity index (χ1n) is 12.0. The van der Waals surface area contributed by atoms with Crippen molar-refractivity contribution in [2.45, 2.75) is 116 Å². The molecule has 0 bridgehead atoms. The maximum absolute atomic E-state index is 12.6. The lowest BCUT2D eigenvalue weighted by atomic mass is 9.81. The van der Waals surface area contributed by atoms with E-state index in [9.17, 15) is 29.4 Å². The molecule has 0 aromatic carbocycles. The molecule has 2 unspecified atom stereocenters. The molecule has 0 aliphatic rings. The van der Waals surface area contributed by atoms with Crippen LogP contribution < -0.4 is 0 Å². The van der Waals surface area contributed by atoms with Crippen molar-refractivity contribution in [2.75, 3.05) is 0 Å². The van der Waals surface area contributed by atoms with Crippen LogP contribution >= 0.6 is 0 Å². The van der Waals surface area contributed by atoms with Gasteiger partial charge in [0.25, 0.3) is 0 Å². The van der Waals surface area contributed by atoms with Gasteiger partial charge in [-0.2, -0.15) is 0 Å². The van der Waals surface area contributed by atoms with Crippen molar-refractivity contribution in [1.29, 1.82) is 0 Å². The quantitative estimate of drug-likeness (QED) is 0.144. The normalized spacial score (nSPS) is 14.0. The Morgan fingerprint density at radius 3 is 1.81 bits per heavy atom. The molecule has 186 valence electrons. The Bertz CT molecular complexity index is 587. The van der Waals surface area contributed by atoms with Gasteiger partial charge < -0.3 is 20.1 Å². The van der Waals surface area contributed by atoms with E-state index in [1.54, 1.807) is 0 Å². The summed E-state index contributed by atoms with van der Waals surface area (Å²) < 4.78 is 4.78. The van der Waals surface area contributed by atoms with E-state index >= 15 is 0 Å². The van der Waals surface area contributed by atoms with Crippen LogP contribution in [0.15, 0.2) is 0 Å². The number of aliphatic carboxylic acids is 2. The first-order chi connectivity index (χ1) is 15.0. The van der Waals surface area contributed by atoms with Gasteiger partial charge in [-0.15, -0.1) is 0 Å². The monoisotopic (exact) mass is 458 g/mol. The maximum atomic E-state index is 12.6. The number of rotatable bonds is 19. The lowest BCUT2D eigenvalue weighted by Gasteiger charge is -2.29. The smallest absolute Gasteiger partial charge is 0.337 e. The van der Waals surface area contributed by atoms with Crippen LogP contribution in [0.4, 0.5) is 0 Å². The molecule has 0 fully saturated rings. The molecule has 32 heavy (non-hydrogen) atoms. The number of carboxylic acid groups (broad SMARTS) is 2. The second-order valence-corrected chi connectivity index (χ2v) is 9.05. The molecule has 0 aromatic heterocycles. The molecule has 0 radical (unpaired) electrons. The number of unbranched alkanes of at least 4 members (excludes halogenated alkanes) is 8. The summed E-state index contributed by atoms with van der Waals surface area (Å²) in [6.07, 6.45) is 8.67. The van der Waals surface area contributed by atoms with Crippen molar-refractivity contribution >= 4 is 23.9 Å². The second-order valence-electron chi connectivity index (χ2n) is 9.05. The molecule has 0 aliphatic carbocycles. The third kappa shape index (κ3) is 12.8. The zero-order valence-electron chi connectivity index (χ0n) is 19.9. The van der Waals surface area contributed by atoms with Crippen molar-refractivity contribution in [1.82, 2.24) is 0 Å². The summed E-state index contributed by atoms with van der Waals surface area (Å²) in [5.74, 6) is -6.26. The molecular formula is C24H42O8. The van der Waals surface area contributed by atoms with Gasteiger partial charge in [-0.25, -0.2) is 4.79 Å². The lowest BCUT2D eigenvalue weighted by Crippen LogP contribution is -2.51. The first-order valence-corrected chi connectivity index (χ1v) is 12.0. The zero-order valence-corrected chi connectivity index (χ0v) is 19.9. The average molecular weight is 459 g/mol. The Morgan fingerprint density at radius 1 is 0.812 bits per heavy atom. The van der Waals surface area contributed by atoms with E-state index in [0.29, 0.717) is 25.2 Å². The maximum Gasteiger partial charge on any atom is 0.337 e. The van der Waals surface area contributed by atoms with Gasteiger partial charge in [0.05, 0.1) is 12.3 Å². The van der Waals surface area contributed by atoms with Gasteiger partial charge in [-0.3, -0.25) is 14.4 Å². The predicted molar refractivity (Wildman–Crippen MR) is 120 cm³/mol. The van der Waals surface area contributed by atoms with Gasteiger partial charge in [0.1, 0.15) is 0 Å². The van der Waals surface area contributed by atoms with Gasteiger partial charge in [0.2, 0.25) is 0 Å². The SMILES string of the molecule is CCCCCC(=O)OC(=O)C(CCCCCCCCCC(C)C)C(O)(CC(=O)O)C(=O)O. The minimum absolute atomic E-state index is 0.00748. The molecule has 0 spiro atoms. The topological polar surface area (TPSA) is 138 Å².